The summed E-state index contributed by atoms with van der Waals surface area (Å²) in [6, 6.07) is 0. The summed E-state index contributed by atoms with van der Waals surface area (Å²) < 4.78 is 22.1. The molecule has 6 atom stereocenters. The number of carbonyl (C=O) groups excluding carboxylic acids is 2. The molecule has 0 amide bonds. The molecule has 0 saturated carbocycles. The van der Waals surface area contributed by atoms with Crippen LogP contribution in [0.25, 0.3) is 0 Å². The molecule has 0 aromatic carbocycles. The largest absolute Gasteiger partial charge is 0.462 e. The molecule has 1 aliphatic heterocycles. The van der Waals surface area contributed by atoms with Gasteiger partial charge in [0.15, 0.2) is 12.4 Å². The van der Waals surface area contributed by atoms with Crippen LogP contribution in [0.2, 0.25) is 0 Å². The minimum atomic E-state index is -1.61. The van der Waals surface area contributed by atoms with Gasteiger partial charge < -0.3 is 39.4 Å². The van der Waals surface area contributed by atoms with Crippen LogP contribution in [-0.4, -0.2) is 89.0 Å². The number of carbonyl (C=O) groups is 2. The van der Waals surface area contributed by atoms with E-state index in [4.69, 9.17) is 18.9 Å². The predicted molar refractivity (Wildman–Crippen MR) is 219 cm³/mol. The first kappa shape index (κ1) is 50.4. The summed E-state index contributed by atoms with van der Waals surface area (Å²) in [4.78, 5) is 25.3. The number of ether oxygens (including phenoxy) is 4. The van der Waals surface area contributed by atoms with Crippen LogP contribution in [0.1, 0.15) is 155 Å². The zero-order valence-electron chi connectivity index (χ0n) is 34.2. The molecule has 0 bridgehead atoms. The second-order valence-electron chi connectivity index (χ2n) is 14.4. The molecule has 55 heavy (non-hydrogen) atoms. The molecule has 1 heterocycles. The van der Waals surface area contributed by atoms with Gasteiger partial charge in [-0.15, -0.1) is 0 Å². The lowest BCUT2D eigenvalue weighted by Crippen LogP contribution is -2.59. The SMILES string of the molecule is CC/C=C/C/C=C/C/C=C/C/C=C/CCCCC(=O)OC[C@@H](CO[C@H]1O[C@@H](CO)[C@@H](O)C(O)C1O)OC(=O)CCCCC/C=C/CCCCCCCCCC. The molecule has 1 aliphatic rings. The lowest BCUT2D eigenvalue weighted by Gasteiger charge is -2.39. The molecule has 4 N–H and O–H groups in total. The summed E-state index contributed by atoms with van der Waals surface area (Å²) in [5, 5.41) is 40.0. The first-order chi connectivity index (χ1) is 26.8. The van der Waals surface area contributed by atoms with Crippen LogP contribution in [0.5, 0.6) is 0 Å². The Bertz CT molecular complexity index is 1080. The van der Waals surface area contributed by atoms with Crippen molar-refractivity contribution in [2.75, 3.05) is 19.8 Å². The van der Waals surface area contributed by atoms with Crippen LogP contribution < -0.4 is 0 Å². The van der Waals surface area contributed by atoms with Crippen molar-refractivity contribution in [2.45, 2.75) is 192 Å². The van der Waals surface area contributed by atoms with E-state index in [-0.39, 0.29) is 26.1 Å². The van der Waals surface area contributed by atoms with Crippen molar-refractivity contribution in [1.29, 1.82) is 0 Å². The van der Waals surface area contributed by atoms with Crippen LogP contribution in [0.15, 0.2) is 60.8 Å². The number of hydrogen-bond donors (Lipinski definition) is 4. The van der Waals surface area contributed by atoms with E-state index >= 15 is 0 Å². The lowest BCUT2D eigenvalue weighted by atomic mass is 9.99. The predicted octanol–water partition coefficient (Wildman–Crippen LogP) is 8.66. The number of aliphatic hydroxyl groups excluding tert-OH is 4. The lowest BCUT2D eigenvalue weighted by molar-refractivity contribution is -0.305. The molecule has 316 valence electrons. The number of allylic oxidation sites excluding steroid dienone is 10. The van der Waals surface area contributed by atoms with Crippen LogP contribution in [0.4, 0.5) is 0 Å². The van der Waals surface area contributed by atoms with E-state index in [0.29, 0.717) is 12.8 Å². The highest BCUT2D eigenvalue weighted by Gasteiger charge is 2.44. The second-order valence-corrected chi connectivity index (χ2v) is 14.4. The average molecular weight is 777 g/mol. The summed E-state index contributed by atoms with van der Waals surface area (Å²) in [6.07, 6.45) is 35.2. The van der Waals surface area contributed by atoms with Crippen molar-refractivity contribution < 1.29 is 49.0 Å². The van der Waals surface area contributed by atoms with Gasteiger partial charge in [-0.05, 0) is 77.0 Å². The van der Waals surface area contributed by atoms with Gasteiger partial charge >= 0.3 is 11.9 Å². The standard InChI is InChI=1S/C45H76O10/c1-3-5-7-9-11-13-15-17-19-21-23-25-27-29-31-33-40(47)52-36-38(37-53-45-44(51)43(50)42(49)39(35-46)55-45)54-41(48)34-32-30-28-26-24-22-20-18-16-14-12-10-8-6-4-2/h5,7,11,13,17,19,22-25,38-39,42-46,49-51H,3-4,6,8-10,12,14-16,18,20-21,26-37H2,1-2H3/b7-5+,13-11+,19-17+,24-22+,25-23+/t38-,39-,42+,43?,44?,45-/m0/s1. The van der Waals surface area contributed by atoms with Crippen molar-refractivity contribution >= 4 is 11.9 Å². The first-order valence-electron chi connectivity index (χ1n) is 21.4. The van der Waals surface area contributed by atoms with Crippen molar-refractivity contribution in [2.24, 2.45) is 0 Å². The van der Waals surface area contributed by atoms with Gasteiger partial charge in [0.25, 0.3) is 0 Å². The van der Waals surface area contributed by atoms with Gasteiger partial charge in [-0.3, -0.25) is 9.59 Å². The second kappa shape index (κ2) is 35.8. The molecule has 10 heteroatoms. The third kappa shape index (κ3) is 27.6. The van der Waals surface area contributed by atoms with E-state index in [9.17, 15) is 30.0 Å². The summed E-state index contributed by atoms with van der Waals surface area (Å²) in [5.41, 5.74) is 0. The van der Waals surface area contributed by atoms with Gasteiger partial charge in [-0.25, -0.2) is 0 Å². The smallest absolute Gasteiger partial charge is 0.306 e. The number of rotatable bonds is 34. The summed E-state index contributed by atoms with van der Waals surface area (Å²) in [5.74, 6) is -0.879. The topological polar surface area (TPSA) is 152 Å². The van der Waals surface area contributed by atoms with Crippen molar-refractivity contribution in [3.63, 3.8) is 0 Å². The molecular weight excluding hydrogens is 700 g/mol. The number of aliphatic hydroxyl groups is 4. The quantitative estimate of drug-likeness (QED) is 0.0284. The Kier molecular flexibility index (Phi) is 32.8. The Balaban J connectivity index is 2.40. The molecule has 0 radical (unpaired) electrons. The van der Waals surface area contributed by atoms with Crippen molar-refractivity contribution in [3.8, 4) is 0 Å². The van der Waals surface area contributed by atoms with Crippen LogP contribution >= 0.6 is 0 Å². The fraction of sp³-hybridized carbons (Fsp3) is 0.733. The third-order valence-corrected chi connectivity index (χ3v) is 9.39. The zero-order chi connectivity index (χ0) is 40.2. The van der Waals surface area contributed by atoms with Gasteiger partial charge in [0.1, 0.15) is 31.0 Å². The number of esters is 2. The Morgan fingerprint density at radius 2 is 1.07 bits per heavy atom. The molecule has 0 aromatic heterocycles. The molecule has 0 aliphatic carbocycles. The maximum atomic E-state index is 12.7. The maximum absolute atomic E-state index is 12.7. The van der Waals surface area contributed by atoms with Crippen molar-refractivity contribution in [3.05, 3.63) is 60.8 Å². The highest BCUT2D eigenvalue weighted by Crippen LogP contribution is 2.22. The van der Waals surface area contributed by atoms with Crippen molar-refractivity contribution in [1.82, 2.24) is 0 Å². The molecule has 0 spiro atoms. The van der Waals surface area contributed by atoms with Gasteiger partial charge in [0, 0.05) is 12.8 Å². The summed E-state index contributed by atoms with van der Waals surface area (Å²) in [6.45, 7) is 3.23. The number of hydrogen-bond acceptors (Lipinski definition) is 10. The highest BCUT2D eigenvalue weighted by molar-refractivity contribution is 5.70. The van der Waals surface area contributed by atoms with E-state index in [0.717, 1.165) is 64.2 Å². The molecule has 1 rings (SSSR count). The first-order valence-corrected chi connectivity index (χ1v) is 21.4. The Morgan fingerprint density at radius 1 is 0.582 bits per heavy atom. The van der Waals surface area contributed by atoms with E-state index in [1.54, 1.807) is 0 Å². The van der Waals surface area contributed by atoms with Crippen LogP contribution in [-0.2, 0) is 28.5 Å². The monoisotopic (exact) mass is 777 g/mol. The van der Waals surface area contributed by atoms with Crippen LogP contribution in [0, 0.1) is 0 Å². The molecule has 1 saturated heterocycles. The van der Waals surface area contributed by atoms with Gasteiger partial charge in [-0.1, -0.05) is 126 Å². The highest BCUT2D eigenvalue weighted by atomic mass is 16.7. The van der Waals surface area contributed by atoms with Gasteiger partial charge in [0.2, 0.25) is 0 Å². The summed E-state index contributed by atoms with van der Waals surface area (Å²) in [7, 11) is 0. The maximum Gasteiger partial charge on any atom is 0.306 e. The fourth-order valence-corrected chi connectivity index (χ4v) is 6.00. The van der Waals surface area contributed by atoms with Crippen LogP contribution in [0.3, 0.4) is 0 Å². The van der Waals surface area contributed by atoms with E-state index < -0.39 is 55.4 Å². The molecule has 0 aromatic rings. The third-order valence-electron chi connectivity index (χ3n) is 9.39. The van der Waals surface area contributed by atoms with E-state index in [1.165, 1.54) is 51.4 Å². The van der Waals surface area contributed by atoms with Gasteiger partial charge in [0.05, 0.1) is 13.2 Å². The normalized spacial score (nSPS) is 21.2. The number of unbranched alkanes of at least 4 members (excludes halogenated alkanes) is 13. The van der Waals surface area contributed by atoms with Gasteiger partial charge in [-0.2, -0.15) is 0 Å². The molecular formula is C45H76O10. The zero-order valence-corrected chi connectivity index (χ0v) is 34.2. The molecule has 10 nitrogen and oxygen atoms in total. The Labute approximate surface area is 332 Å². The molecule has 2 unspecified atom stereocenters. The minimum Gasteiger partial charge on any atom is -0.462 e. The molecule has 1 fully saturated rings. The van der Waals surface area contributed by atoms with E-state index in [1.807, 2.05) is 0 Å². The summed E-state index contributed by atoms with van der Waals surface area (Å²) >= 11 is 0. The fourth-order valence-electron chi connectivity index (χ4n) is 6.00. The minimum absolute atomic E-state index is 0.198. The Hall–Kier alpha value is -2.60. The average Bonchev–Trinajstić information content (AvgIpc) is 3.18. The Morgan fingerprint density at radius 3 is 1.67 bits per heavy atom. The van der Waals surface area contributed by atoms with E-state index in [2.05, 4.69) is 74.6 Å².